The SMILES string of the molecule is CCN(CC(F)(F)F)C(=O)CCc1ccc(C)cc1. The van der Waals surface area contributed by atoms with Crippen LogP contribution in [0.25, 0.3) is 0 Å². The van der Waals surface area contributed by atoms with E-state index >= 15 is 0 Å². The van der Waals surface area contributed by atoms with Gasteiger partial charge in [-0.3, -0.25) is 4.79 Å². The summed E-state index contributed by atoms with van der Waals surface area (Å²) in [7, 11) is 0. The number of rotatable bonds is 5. The van der Waals surface area contributed by atoms with Crippen LogP contribution in [0.2, 0.25) is 0 Å². The number of hydrogen-bond acceptors (Lipinski definition) is 1. The normalized spacial score (nSPS) is 11.4. The van der Waals surface area contributed by atoms with Gasteiger partial charge in [-0.25, -0.2) is 0 Å². The zero-order valence-corrected chi connectivity index (χ0v) is 11.1. The average Bonchev–Trinajstić information content (AvgIpc) is 2.34. The second-order valence-electron chi connectivity index (χ2n) is 4.51. The zero-order chi connectivity index (χ0) is 14.5. The van der Waals surface area contributed by atoms with Crippen molar-refractivity contribution in [2.45, 2.75) is 32.9 Å². The fourth-order valence-electron chi connectivity index (χ4n) is 1.76. The lowest BCUT2D eigenvalue weighted by atomic mass is 10.1. The van der Waals surface area contributed by atoms with Gasteiger partial charge in [-0.05, 0) is 25.8 Å². The van der Waals surface area contributed by atoms with E-state index in [1.165, 1.54) is 0 Å². The van der Waals surface area contributed by atoms with Crippen LogP contribution in [0.5, 0.6) is 0 Å². The van der Waals surface area contributed by atoms with Crippen LogP contribution in [0.15, 0.2) is 24.3 Å². The molecule has 0 aromatic heterocycles. The van der Waals surface area contributed by atoms with Crippen molar-refractivity contribution in [1.29, 1.82) is 0 Å². The fourth-order valence-corrected chi connectivity index (χ4v) is 1.76. The van der Waals surface area contributed by atoms with E-state index in [1.54, 1.807) is 6.92 Å². The first kappa shape index (κ1) is 15.5. The number of amides is 1. The lowest BCUT2D eigenvalue weighted by Crippen LogP contribution is -2.38. The predicted octanol–water partition coefficient (Wildman–Crippen LogP) is 3.34. The molecular formula is C14H18F3NO. The average molecular weight is 273 g/mol. The van der Waals surface area contributed by atoms with Crippen LogP contribution in [-0.2, 0) is 11.2 Å². The number of halogens is 3. The van der Waals surface area contributed by atoms with E-state index in [4.69, 9.17) is 0 Å². The molecule has 0 saturated heterocycles. The summed E-state index contributed by atoms with van der Waals surface area (Å²) in [4.78, 5) is 12.6. The predicted molar refractivity (Wildman–Crippen MR) is 67.8 cm³/mol. The van der Waals surface area contributed by atoms with Gasteiger partial charge in [0.05, 0.1) is 0 Å². The Morgan fingerprint density at radius 1 is 1.21 bits per heavy atom. The molecule has 0 atom stereocenters. The molecule has 19 heavy (non-hydrogen) atoms. The largest absolute Gasteiger partial charge is 0.406 e. The second-order valence-corrected chi connectivity index (χ2v) is 4.51. The molecule has 1 aromatic rings. The molecule has 5 heteroatoms. The van der Waals surface area contributed by atoms with E-state index < -0.39 is 18.6 Å². The van der Waals surface area contributed by atoms with Gasteiger partial charge in [0.25, 0.3) is 0 Å². The summed E-state index contributed by atoms with van der Waals surface area (Å²) < 4.78 is 36.8. The topological polar surface area (TPSA) is 20.3 Å². The molecule has 0 N–H and O–H groups in total. The lowest BCUT2D eigenvalue weighted by Gasteiger charge is -2.22. The minimum Gasteiger partial charge on any atom is -0.334 e. The van der Waals surface area contributed by atoms with E-state index in [-0.39, 0.29) is 13.0 Å². The Morgan fingerprint density at radius 3 is 2.26 bits per heavy atom. The van der Waals surface area contributed by atoms with Gasteiger partial charge in [0, 0.05) is 13.0 Å². The van der Waals surface area contributed by atoms with Crippen molar-refractivity contribution in [3.63, 3.8) is 0 Å². The first-order chi connectivity index (χ1) is 8.81. The number of benzene rings is 1. The van der Waals surface area contributed by atoms with Crippen molar-refractivity contribution in [3.8, 4) is 0 Å². The highest BCUT2D eigenvalue weighted by molar-refractivity contribution is 5.76. The molecule has 0 radical (unpaired) electrons. The van der Waals surface area contributed by atoms with E-state index in [1.807, 2.05) is 31.2 Å². The third-order valence-electron chi connectivity index (χ3n) is 2.85. The van der Waals surface area contributed by atoms with Crippen molar-refractivity contribution in [2.24, 2.45) is 0 Å². The van der Waals surface area contributed by atoms with E-state index in [2.05, 4.69) is 0 Å². The smallest absolute Gasteiger partial charge is 0.334 e. The number of nitrogens with zero attached hydrogens (tertiary/aromatic N) is 1. The molecule has 0 heterocycles. The van der Waals surface area contributed by atoms with Gasteiger partial charge in [-0.15, -0.1) is 0 Å². The molecule has 0 aliphatic rings. The minimum atomic E-state index is -4.34. The number of carbonyl (C=O) groups is 1. The first-order valence-electron chi connectivity index (χ1n) is 6.22. The highest BCUT2D eigenvalue weighted by Gasteiger charge is 2.31. The molecule has 1 aromatic carbocycles. The molecule has 1 rings (SSSR count). The molecule has 2 nitrogen and oxygen atoms in total. The van der Waals surface area contributed by atoms with Crippen LogP contribution < -0.4 is 0 Å². The maximum absolute atomic E-state index is 12.3. The van der Waals surface area contributed by atoms with E-state index in [9.17, 15) is 18.0 Å². The molecule has 0 aliphatic heterocycles. The van der Waals surface area contributed by atoms with Crippen LogP contribution in [0, 0.1) is 6.92 Å². The third kappa shape index (κ3) is 5.77. The van der Waals surface area contributed by atoms with Gasteiger partial charge >= 0.3 is 6.18 Å². The van der Waals surface area contributed by atoms with Crippen LogP contribution in [-0.4, -0.2) is 30.1 Å². The Morgan fingerprint density at radius 2 is 1.79 bits per heavy atom. The number of aryl methyl sites for hydroxylation is 2. The van der Waals surface area contributed by atoms with Gasteiger partial charge in [0.1, 0.15) is 6.54 Å². The Hall–Kier alpha value is -1.52. The summed E-state index contributed by atoms with van der Waals surface area (Å²) in [5, 5.41) is 0. The quantitative estimate of drug-likeness (QED) is 0.805. The van der Waals surface area contributed by atoms with Crippen molar-refractivity contribution in [1.82, 2.24) is 4.90 Å². The Balaban J connectivity index is 2.51. The lowest BCUT2D eigenvalue weighted by molar-refractivity contribution is -0.160. The van der Waals surface area contributed by atoms with Gasteiger partial charge < -0.3 is 4.90 Å². The molecule has 0 aliphatic carbocycles. The zero-order valence-electron chi connectivity index (χ0n) is 11.1. The van der Waals surface area contributed by atoms with Crippen LogP contribution >= 0.6 is 0 Å². The van der Waals surface area contributed by atoms with Crippen LogP contribution in [0.3, 0.4) is 0 Å². The maximum Gasteiger partial charge on any atom is 0.406 e. The first-order valence-corrected chi connectivity index (χ1v) is 6.22. The summed E-state index contributed by atoms with van der Waals surface area (Å²) in [5.74, 6) is -0.458. The summed E-state index contributed by atoms with van der Waals surface area (Å²) in [6.45, 7) is 2.41. The van der Waals surface area contributed by atoms with Gasteiger partial charge in [-0.2, -0.15) is 13.2 Å². The number of carbonyl (C=O) groups excluding carboxylic acids is 1. The van der Waals surface area contributed by atoms with Crippen molar-refractivity contribution >= 4 is 5.91 Å². The third-order valence-corrected chi connectivity index (χ3v) is 2.85. The molecule has 106 valence electrons. The summed E-state index contributed by atoms with van der Waals surface area (Å²) in [6, 6.07) is 7.63. The molecule has 0 fully saturated rings. The maximum atomic E-state index is 12.3. The molecule has 0 saturated carbocycles. The molecule has 0 bridgehead atoms. The fraction of sp³-hybridized carbons (Fsp3) is 0.500. The highest BCUT2D eigenvalue weighted by atomic mass is 19.4. The summed E-state index contributed by atoms with van der Waals surface area (Å²) >= 11 is 0. The van der Waals surface area contributed by atoms with E-state index in [0.717, 1.165) is 16.0 Å². The highest BCUT2D eigenvalue weighted by Crippen LogP contribution is 2.17. The van der Waals surface area contributed by atoms with Gasteiger partial charge in [0.15, 0.2) is 0 Å². The van der Waals surface area contributed by atoms with Crippen molar-refractivity contribution in [2.75, 3.05) is 13.1 Å². The summed E-state index contributed by atoms with van der Waals surface area (Å²) in [6.07, 6.45) is -3.77. The standard InChI is InChI=1S/C14H18F3NO/c1-3-18(10-14(15,16)17)13(19)9-8-12-6-4-11(2)5-7-12/h4-7H,3,8-10H2,1-2H3. The molecule has 0 spiro atoms. The second kappa shape index (κ2) is 6.59. The number of hydrogen-bond donors (Lipinski definition) is 0. The van der Waals surface area contributed by atoms with Crippen LogP contribution in [0.1, 0.15) is 24.5 Å². The monoisotopic (exact) mass is 273 g/mol. The minimum absolute atomic E-state index is 0.0756. The Bertz CT molecular complexity index is 412. The summed E-state index contributed by atoms with van der Waals surface area (Å²) in [5.41, 5.74) is 2.07. The molecule has 0 unspecified atom stereocenters. The molecule has 1 amide bonds. The number of alkyl halides is 3. The van der Waals surface area contributed by atoms with Crippen molar-refractivity contribution in [3.05, 3.63) is 35.4 Å². The van der Waals surface area contributed by atoms with Gasteiger partial charge in [-0.1, -0.05) is 29.8 Å². The van der Waals surface area contributed by atoms with Gasteiger partial charge in [0.2, 0.25) is 5.91 Å². The Kier molecular flexibility index (Phi) is 5.39. The molecular weight excluding hydrogens is 255 g/mol. The van der Waals surface area contributed by atoms with E-state index in [0.29, 0.717) is 6.42 Å². The Labute approximate surface area is 111 Å². The van der Waals surface area contributed by atoms with Crippen LogP contribution in [0.4, 0.5) is 13.2 Å². The van der Waals surface area contributed by atoms with Crippen molar-refractivity contribution < 1.29 is 18.0 Å².